The van der Waals surface area contributed by atoms with Crippen molar-refractivity contribution in [2.45, 2.75) is 19.9 Å². The Bertz CT molecular complexity index is 178. The summed E-state index contributed by atoms with van der Waals surface area (Å²) >= 11 is 0. The fourth-order valence-corrected chi connectivity index (χ4v) is 2.20. The van der Waals surface area contributed by atoms with Crippen LogP contribution in [0.2, 0.25) is 0 Å². The van der Waals surface area contributed by atoms with Crippen molar-refractivity contribution in [3.8, 4) is 0 Å². The van der Waals surface area contributed by atoms with E-state index in [0.29, 0.717) is 12.0 Å². The predicted molar refractivity (Wildman–Crippen MR) is 65.8 cm³/mol. The van der Waals surface area contributed by atoms with Crippen LogP contribution in [0, 0.1) is 5.92 Å². The zero-order chi connectivity index (χ0) is 11.8. The molecule has 2 atom stereocenters. The third kappa shape index (κ3) is 4.37. The highest BCUT2D eigenvalue weighted by atomic mass is 16.5. The Kier molecular flexibility index (Phi) is 6.96. The highest BCUT2D eigenvalue weighted by Gasteiger charge is 2.28. The van der Waals surface area contributed by atoms with Gasteiger partial charge in [-0.05, 0) is 13.1 Å². The Balaban J connectivity index is 2.31. The van der Waals surface area contributed by atoms with Gasteiger partial charge >= 0.3 is 0 Å². The van der Waals surface area contributed by atoms with Crippen molar-refractivity contribution < 1.29 is 9.47 Å². The highest BCUT2D eigenvalue weighted by molar-refractivity contribution is 4.83. The van der Waals surface area contributed by atoms with Gasteiger partial charge in [0, 0.05) is 32.2 Å². The molecule has 0 aromatic heterocycles. The molecule has 1 saturated heterocycles. The molecule has 0 saturated carbocycles. The van der Waals surface area contributed by atoms with Crippen molar-refractivity contribution >= 4 is 0 Å². The lowest BCUT2D eigenvalue weighted by Gasteiger charge is -2.26. The van der Waals surface area contributed by atoms with Gasteiger partial charge in [0.2, 0.25) is 0 Å². The van der Waals surface area contributed by atoms with E-state index < -0.39 is 0 Å². The first-order valence-corrected chi connectivity index (χ1v) is 6.34. The molecular weight excluding hydrogens is 204 g/mol. The van der Waals surface area contributed by atoms with Gasteiger partial charge in [-0.2, -0.15) is 0 Å². The molecule has 0 radical (unpaired) electrons. The lowest BCUT2D eigenvalue weighted by molar-refractivity contribution is 0.130. The van der Waals surface area contributed by atoms with E-state index in [1.54, 1.807) is 7.11 Å². The Morgan fingerprint density at radius 2 is 2.19 bits per heavy atom. The first-order valence-electron chi connectivity index (χ1n) is 6.34. The fourth-order valence-electron chi connectivity index (χ4n) is 2.20. The van der Waals surface area contributed by atoms with Crippen LogP contribution in [-0.4, -0.2) is 64.1 Å². The number of ether oxygens (including phenoxy) is 2. The monoisotopic (exact) mass is 230 g/mol. The average Bonchev–Trinajstić information content (AvgIpc) is 2.72. The molecule has 0 aliphatic carbocycles. The lowest BCUT2D eigenvalue weighted by atomic mass is 10.0. The van der Waals surface area contributed by atoms with Crippen molar-refractivity contribution in [3.63, 3.8) is 0 Å². The first kappa shape index (κ1) is 13.9. The SMILES string of the molecule is CCNC1COCC1CN(CC)CCOC. The van der Waals surface area contributed by atoms with Crippen molar-refractivity contribution in [1.29, 1.82) is 0 Å². The quantitative estimate of drug-likeness (QED) is 0.661. The second-order valence-corrected chi connectivity index (χ2v) is 4.35. The minimum atomic E-state index is 0.529. The summed E-state index contributed by atoms with van der Waals surface area (Å²) in [6.45, 7) is 11.1. The van der Waals surface area contributed by atoms with Gasteiger partial charge in [-0.15, -0.1) is 0 Å². The molecule has 0 aromatic carbocycles. The van der Waals surface area contributed by atoms with Gasteiger partial charge < -0.3 is 19.7 Å². The van der Waals surface area contributed by atoms with E-state index in [-0.39, 0.29) is 0 Å². The molecule has 4 heteroatoms. The number of hydrogen-bond acceptors (Lipinski definition) is 4. The van der Waals surface area contributed by atoms with Crippen LogP contribution >= 0.6 is 0 Å². The van der Waals surface area contributed by atoms with E-state index in [0.717, 1.165) is 46.0 Å². The molecule has 16 heavy (non-hydrogen) atoms. The Morgan fingerprint density at radius 3 is 2.81 bits per heavy atom. The summed E-state index contributed by atoms with van der Waals surface area (Å²) in [5.41, 5.74) is 0. The Morgan fingerprint density at radius 1 is 1.38 bits per heavy atom. The average molecular weight is 230 g/mol. The first-order chi connectivity index (χ1) is 7.81. The van der Waals surface area contributed by atoms with Crippen LogP contribution in [0.3, 0.4) is 0 Å². The zero-order valence-electron chi connectivity index (χ0n) is 10.9. The molecule has 2 unspecified atom stereocenters. The number of methoxy groups -OCH3 is 1. The van der Waals surface area contributed by atoms with Gasteiger partial charge in [-0.25, -0.2) is 0 Å². The van der Waals surface area contributed by atoms with Gasteiger partial charge in [0.15, 0.2) is 0 Å². The topological polar surface area (TPSA) is 33.7 Å². The summed E-state index contributed by atoms with van der Waals surface area (Å²) in [7, 11) is 1.76. The zero-order valence-corrected chi connectivity index (χ0v) is 10.9. The molecule has 1 rings (SSSR count). The van der Waals surface area contributed by atoms with Gasteiger partial charge in [0.1, 0.15) is 0 Å². The third-order valence-corrected chi connectivity index (χ3v) is 3.22. The molecule has 0 amide bonds. The molecule has 0 spiro atoms. The smallest absolute Gasteiger partial charge is 0.0623 e. The largest absolute Gasteiger partial charge is 0.383 e. The molecule has 1 N–H and O–H groups in total. The standard InChI is InChI=1S/C12H26N2O2/c1-4-13-12-10-16-9-11(12)8-14(5-2)6-7-15-3/h11-13H,4-10H2,1-3H3. The van der Waals surface area contributed by atoms with Crippen LogP contribution in [0.25, 0.3) is 0 Å². The van der Waals surface area contributed by atoms with E-state index >= 15 is 0 Å². The van der Waals surface area contributed by atoms with Crippen molar-refractivity contribution in [3.05, 3.63) is 0 Å². The molecule has 4 nitrogen and oxygen atoms in total. The minimum Gasteiger partial charge on any atom is -0.383 e. The summed E-state index contributed by atoms with van der Waals surface area (Å²) < 4.78 is 10.7. The number of hydrogen-bond donors (Lipinski definition) is 1. The fraction of sp³-hybridized carbons (Fsp3) is 1.00. The summed E-state index contributed by atoms with van der Waals surface area (Å²) in [5, 5.41) is 3.50. The number of likely N-dealkylation sites (N-methyl/N-ethyl adjacent to an activating group) is 2. The molecule has 1 aliphatic rings. The van der Waals surface area contributed by atoms with E-state index in [2.05, 4.69) is 24.1 Å². The summed E-state index contributed by atoms with van der Waals surface area (Å²) in [6, 6.07) is 0.529. The van der Waals surface area contributed by atoms with Crippen LogP contribution < -0.4 is 5.32 Å². The molecule has 1 aliphatic heterocycles. The second-order valence-electron chi connectivity index (χ2n) is 4.35. The van der Waals surface area contributed by atoms with Crippen molar-refractivity contribution in [2.24, 2.45) is 5.92 Å². The van der Waals surface area contributed by atoms with Crippen molar-refractivity contribution in [2.75, 3.05) is 53.1 Å². The van der Waals surface area contributed by atoms with Crippen LogP contribution in [0.1, 0.15) is 13.8 Å². The number of nitrogens with zero attached hydrogens (tertiary/aromatic N) is 1. The van der Waals surface area contributed by atoms with Crippen LogP contribution in [0.15, 0.2) is 0 Å². The molecular formula is C12H26N2O2. The van der Waals surface area contributed by atoms with Crippen LogP contribution in [-0.2, 0) is 9.47 Å². The Labute approximate surface area is 99.3 Å². The van der Waals surface area contributed by atoms with E-state index in [1.165, 1.54) is 0 Å². The van der Waals surface area contributed by atoms with E-state index in [1.807, 2.05) is 0 Å². The van der Waals surface area contributed by atoms with Crippen LogP contribution in [0.4, 0.5) is 0 Å². The van der Waals surface area contributed by atoms with Gasteiger partial charge in [-0.3, -0.25) is 0 Å². The number of rotatable bonds is 8. The molecule has 1 fully saturated rings. The van der Waals surface area contributed by atoms with Crippen molar-refractivity contribution in [1.82, 2.24) is 10.2 Å². The van der Waals surface area contributed by atoms with E-state index in [9.17, 15) is 0 Å². The Hall–Kier alpha value is -0.160. The molecule has 1 heterocycles. The maximum atomic E-state index is 5.55. The molecule has 96 valence electrons. The van der Waals surface area contributed by atoms with Gasteiger partial charge in [0.25, 0.3) is 0 Å². The van der Waals surface area contributed by atoms with Crippen LogP contribution in [0.5, 0.6) is 0 Å². The van der Waals surface area contributed by atoms with Gasteiger partial charge in [0.05, 0.1) is 19.8 Å². The maximum Gasteiger partial charge on any atom is 0.0623 e. The number of nitrogens with one attached hydrogen (secondary N) is 1. The summed E-state index contributed by atoms with van der Waals surface area (Å²) in [6.07, 6.45) is 0. The maximum absolute atomic E-state index is 5.55. The lowest BCUT2D eigenvalue weighted by Crippen LogP contribution is -2.42. The highest BCUT2D eigenvalue weighted by Crippen LogP contribution is 2.15. The second kappa shape index (κ2) is 8.01. The van der Waals surface area contributed by atoms with Gasteiger partial charge in [-0.1, -0.05) is 13.8 Å². The predicted octanol–water partition coefficient (Wildman–Crippen LogP) is 0.579. The molecule has 0 aromatic rings. The van der Waals surface area contributed by atoms with E-state index in [4.69, 9.17) is 9.47 Å². The summed E-state index contributed by atoms with van der Waals surface area (Å²) in [5.74, 6) is 0.622. The normalized spacial score (nSPS) is 25.5. The molecule has 0 bridgehead atoms. The third-order valence-electron chi connectivity index (χ3n) is 3.22. The summed E-state index contributed by atoms with van der Waals surface area (Å²) in [4.78, 5) is 2.44. The minimum absolute atomic E-state index is 0.529.